The van der Waals surface area contributed by atoms with Gasteiger partial charge in [0.05, 0.1) is 43.0 Å². The van der Waals surface area contributed by atoms with Crippen LogP contribution in [0.15, 0.2) is 48.8 Å². The van der Waals surface area contributed by atoms with E-state index in [9.17, 15) is 19.2 Å². The molecule has 4 N–H and O–H groups in total. The second-order valence-electron chi connectivity index (χ2n) is 17.9. The lowest BCUT2D eigenvalue weighted by Gasteiger charge is -2.32. The molecule has 0 spiro atoms. The number of amides is 4. The van der Waals surface area contributed by atoms with Crippen LogP contribution >= 0.6 is 0 Å². The van der Waals surface area contributed by atoms with Crippen molar-refractivity contribution in [3.05, 3.63) is 71.6 Å². The summed E-state index contributed by atoms with van der Waals surface area (Å²) in [5.74, 6) is 2.05. The normalized spacial score (nSPS) is 25.0. The first-order chi connectivity index (χ1) is 27.9. The lowest BCUT2D eigenvalue weighted by molar-refractivity contribution is -0.139. The second kappa shape index (κ2) is 14.7. The molecule has 4 amide bonds. The maximum atomic E-state index is 13.9. The first-order valence-corrected chi connectivity index (χ1v) is 21.0. The number of aromatic amines is 2. The summed E-state index contributed by atoms with van der Waals surface area (Å²) >= 11 is 0. The summed E-state index contributed by atoms with van der Waals surface area (Å²) in [6.45, 7) is 9.26. The van der Waals surface area contributed by atoms with Crippen LogP contribution in [0.4, 0.5) is 4.79 Å². The molecule has 5 aliphatic rings. The van der Waals surface area contributed by atoms with Crippen molar-refractivity contribution >= 4 is 23.8 Å². The molecule has 2 aromatic carbocycles. The number of nitrogens with zero attached hydrogens (tertiary/aromatic N) is 4. The maximum Gasteiger partial charge on any atom is 0.407 e. The highest BCUT2D eigenvalue weighted by Gasteiger charge is 2.57. The van der Waals surface area contributed by atoms with Crippen LogP contribution in [-0.2, 0) is 32.0 Å². The van der Waals surface area contributed by atoms with Gasteiger partial charge in [-0.1, -0.05) is 52.0 Å². The molecule has 8 atom stereocenters. The lowest BCUT2D eigenvalue weighted by atomic mass is 9.93. The molecule has 13 heteroatoms. The summed E-state index contributed by atoms with van der Waals surface area (Å²) < 4.78 is 4.83. The Hall–Kier alpha value is -5.46. The van der Waals surface area contributed by atoms with Gasteiger partial charge in [-0.15, -0.1) is 0 Å². The zero-order chi connectivity index (χ0) is 40.6. The fourth-order valence-corrected chi connectivity index (χ4v) is 10.0. The number of methoxy groups -OCH3 is 1. The van der Waals surface area contributed by atoms with Gasteiger partial charge in [0.1, 0.15) is 23.7 Å². The summed E-state index contributed by atoms with van der Waals surface area (Å²) in [7, 11) is 1.31. The van der Waals surface area contributed by atoms with E-state index in [4.69, 9.17) is 14.7 Å². The predicted molar refractivity (Wildman–Crippen MR) is 218 cm³/mol. The number of benzene rings is 2. The monoisotopic (exact) mass is 786 g/mol. The van der Waals surface area contributed by atoms with Crippen molar-refractivity contribution in [3.8, 4) is 33.6 Å². The smallest absolute Gasteiger partial charge is 0.407 e. The van der Waals surface area contributed by atoms with Gasteiger partial charge >= 0.3 is 6.09 Å². The number of rotatable bonds is 11. The van der Waals surface area contributed by atoms with Gasteiger partial charge in [0.25, 0.3) is 0 Å². The van der Waals surface area contributed by atoms with E-state index in [1.54, 1.807) is 0 Å². The molecule has 2 aliphatic heterocycles. The van der Waals surface area contributed by atoms with Crippen molar-refractivity contribution < 1.29 is 23.9 Å². The molecule has 2 saturated carbocycles. The molecule has 2 saturated heterocycles. The molecule has 4 aromatic rings. The Morgan fingerprint density at radius 3 is 1.79 bits per heavy atom. The minimum absolute atomic E-state index is 0.0214. The van der Waals surface area contributed by atoms with E-state index in [0.717, 1.165) is 84.7 Å². The number of imidazole rings is 2. The van der Waals surface area contributed by atoms with Crippen molar-refractivity contribution in [3.63, 3.8) is 0 Å². The highest BCUT2D eigenvalue weighted by atomic mass is 16.5. The summed E-state index contributed by atoms with van der Waals surface area (Å²) in [5.41, 5.74) is 8.99. The van der Waals surface area contributed by atoms with Crippen molar-refractivity contribution in [2.75, 3.05) is 7.11 Å². The topological polar surface area (TPSA) is 165 Å². The summed E-state index contributed by atoms with van der Waals surface area (Å²) in [5, 5.41) is 5.65. The van der Waals surface area contributed by atoms with Crippen molar-refractivity contribution in [1.29, 1.82) is 0 Å². The molecule has 0 bridgehead atoms. The number of aromatic nitrogens is 4. The third-order valence-electron chi connectivity index (χ3n) is 13.3. The van der Waals surface area contributed by atoms with Crippen LogP contribution in [0, 0.1) is 23.7 Å². The minimum atomic E-state index is -0.677. The molecule has 1 unspecified atom stereocenters. The van der Waals surface area contributed by atoms with Gasteiger partial charge in [0.15, 0.2) is 0 Å². The van der Waals surface area contributed by atoms with Crippen LogP contribution < -0.4 is 10.6 Å². The summed E-state index contributed by atoms with van der Waals surface area (Å²) in [6, 6.07) is 12.0. The minimum Gasteiger partial charge on any atom is -0.453 e. The summed E-state index contributed by atoms with van der Waals surface area (Å²) in [6.07, 6.45) is 10.0. The van der Waals surface area contributed by atoms with Crippen molar-refractivity contribution in [2.45, 2.75) is 116 Å². The average molecular weight is 787 g/mol. The number of alkyl carbamates (subject to hydrolysis) is 1. The van der Waals surface area contributed by atoms with E-state index in [1.807, 2.05) is 49.9 Å². The first-order valence-electron chi connectivity index (χ1n) is 21.0. The van der Waals surface area contributed by atoms with E-state index in [-0.39, 0.29) is 53.7 Å². The van der Waals surface area contributed by atoms with Crippen molar-refractivity contribution in [1.82, 2.24) is 40.4 Å². The van der Waals surface area contributed by atoms with Gasteiger partial charge in [0.2, 0.25) is 17.7 Å². The van der Waals surface area contributed by atoms with Gasteiger partial charge in [-0.05, 0) is 109 Å². The second-order valence-corrected chi connectivity index (χ2v) is 17.9. The number of piperidine rings is 2. The van der Waals surface area contributed by atoms with Gasteiger partial charge < -0.3 is 35.1 Å². The molecular formula is C45H54N8O5. The zero-order valence-electron chi connectivity index (χ0n) is 34.2. The summed E-state index contributed by atoms with van der Waals surface area (Å²) in [4.78, 5) is 72.6. The van der Waals surface area contributed by atoms with Gasteiger partial charge in [-0.25, -0.2) is 14.8 Å². The molecule has 2 aromatic heterocycles. The van der Waals surface area contributed by atoms with Crippen LogP contribution in [-0.4, -0.2) is 84.8 Å². The molecule has 9 rings (SSSR count). The number of hydrogen-bond donors (Lipinski definition) is 4. The van der Waals surface area contributed by atoms with Gasteiger partial charge in [0, 0.05) is 24.6 Å². The quantitative estimate of drug-likeness (QED) is 0.135. The number of H-pyrrole nitrogens is 2. The molecule has 58 heavy (non-hydrogen) atoms. The SMILES string of the molecule is COC(=O)N[C@H](C(=O)N1[C@@H]2C[C@@H]2C[C@H]1c1ncc(-c2cc3c(c(-c4ccc(-c5cnc([C@@H]6C[C@H]7C[C@H]7N6C(=O)C(NC(C)=O)C(C)C)[nH]5)cc4)c2)CCC3)[nH]1)C(C)C. The van der Waals surface area contributed by atoms with Crippen molar-refractivity contribution in [2.24, 2.45) is 23.7 Å². The van der Waals surface area contributed by atoms with E-state index in [1.165, 1.54) is 30.7 Å². The molecule has 304 valence electrons. The van der Waals surface area contributed by atoms with E-state index < -0.39 is 18.2 Å². The third-order valence-corrected chi connectivity index (χ3v) is 13.3. The standard InChI is InChI=1S/C45H54N8O5/c1-22(2)39(48-24(5)54)43(55)52-35-16-29(35)18-37(52)41-46-20-33(49-41)26-12-10-25(11-13-26)32-15-28(14-27-8-7-9-31(27)32)34-21-47-42(50-34)38-19-30-17-36(30)53(38)44(56)40(23(3)4)51-45(57)58-6/h10-15,20-23,29-30,35-40H,7-9,16-19H2,1-6H3,(H,46,49)(H,47,50)(H,48,54)(H,51,57)/t29-,30-,35-,36-,37+,38+,39?,40+/m1/s1. The number of aryl methyl sites for hydroxylation is 1. The Balaban J connectivity index is 0.943. The number of nitrogens with one attached hydrogen (secondary N) is 4. The molecule has 3 aliphatic carbocycles. The molecule has 13 nitrogen and oxygen atoms in total. The first kappa shape index (κ1) is 38.1. The fraction of sp³-hybridized carbons (Fsp3) is 0.511. The maximum absolute atomic E-state index is 13.9. The Morgan fingerprint density at radius 2 is 1.26 bits per heavy atom. The molecule has 4 fully saturated rings. The van der Waals surface area contributed by atoms with E-state index in [0.29, 0.717) is 11.8 Å². The number of hydrogen-bond acceptors (Lipinski definition) is 7. The predicted octanol–water partition coefficient (Wildman–Crippen LogP) is 6.49. The molecule has 0 radical (unpaired) electrons. The van der Waals surface area contributed by atoms with Gasteiger partial charge in [-0.3, -0.25) is 14.4 Å². The van der Waals surface area contributed by atoms with E-state index in [2.05, 4.69) is 57.0 Å². The van der Waals surface area contributed by atoms with Crippen LogP contribution in [0.1, 0.15) is 102 Å². The number of fused-ring (bicyclic) bond motifs is 3. The fourth-order valence-electron chi connectivity index (χ4n) is 10.0. The average Bonchev–Trinajstić information content (AvgIpc) is 3.69. The zero-order valence-corrected chi connectivity index (χ0v) is 34.2. The Kier molecular flexibility index (Phi) is 9.67. The third kappa shape index (κ3) is 6.85. The van der Waals surface area contributed by atoms with Crippen LogP contribution in [0.3, 0.4) is 0 Å². The van der Waals surface area contributed by atoms with Crippen LogP contribution in [0.25, 0.3) is 33.6 Å². The van der Waals surface area contributed by atoms with Crippen LogP contribution in [0.5, 0.6) is 0 Å². The number of likely N-dealkylation sites (tertiary alicyclic amines) is 2. The highest BCUT2D eigenvalue weighted by molar-refractivity contribution is 5.89. The lowest BCUT2D eigenvalue weighted by Crippen LogP contribution is -2.52. The highest BCUT2D eigenvalue weighted by Crippen LogP contribution is 2.54. The molecular weight excluding hydrogens is 733 g/mol. The Labute approximate surface area is 339 Å². The largest absolute Gasteiger partial charge is 0.453 e. The number of carbonyl (C=O) groups excluding carboxylic acids is 4. The number of carbonyl (C=O) groups is 4. The Morgan fingerprint density at radius 1 is 0.724 bits per heavy atom. The Bertz CT molecular complexity index is 2260. The van der Waals surface area contributed by atoms with Gasteiger partial charge in [-0.2, -0.15) is 0 Å². The van der Waals surface area contributed by atoms with E-state index >= 15 is 0 Å². The van der Waals surface area contributed by atoms with Crippen LogP contribution in [0.2, 0.25) is 0 Å². The molecule has 4 heterocycles. The number of ether oxygens (including phenoxy) is 1.